The van der Waals surface area contributed by atoms with Crippen LogP contribution >= 0.6 is 0 Å². The molecule has 0 aliphatic heterocycles. The summed E-state index contributed by atoms with van der Waals surface area (Å²) in [6, 6.07) is 4.92. The fraction of sp³-hybridized carbons (Fsp3) is 0.200. The summed E-state index contributed by atoms with van der Waals surface area (Å²) in [5, 5.41) is 4.05. The molecule has 0 saturated carbocycles. The van der Waals surface area contributed by atoms with E-state index < -0.39 is 0 Å². The predicted octanol–water partition coefficient (Wildman–Crippen LogP) is 0.327. The van der Waals surface area contributed by atoms with Crippen LogP contribution < -0.4 is 11.3 Å². The van der Waals surface area contributed by atoms with Gasteiger partial charge in [0, 0.05) is 36.9 Å². The first-order chi connectivity index (χ1) is 7.25. The third-order valence-electron chi connectivity index (χ3n) is 2.14. The van der Waals surface area contributed by atoms with E-state index in [0.717, 1.165) is 0 Å². The lowest BCUT2D eigenvalue weighted by Crippen LogP contribution is -2.21. The summed E-state index contributed by atoms with van der Waals surface area (Å²) in [7, 11) is 0. The summed E-state index contributed by atoms with van der Waals surface area (Å²) in [4.78, 5) is 11.4. The van der Waals surface area contributed by atoms with E-state index in [4.69, 9.17) is 5.73 Å². The highest BCUT2D eigenvalue weighted by molar-refractivity contribution is 5.33. The van der Waals surface area contributed by atoms with Gasteiger partial charge in [0.15, 0.2) is 0 Å². The molecule has 0 unspecified atom stereocenters. The van der Waals surface area contributed by atoms with Crippen molar-refractivity contribution in [3.63, 3.8) is 0 Å². The highest BCUT2D eigenvalue weighted by atomic mass is 16.1. The highest BCUT2D eigenvalue weighted by Crippen LogP contribution is 1.96. The molecule has 2 N–H and O–H groups in total. The molecule has 0 amide bonds. The summed E-state index contributed by atoms with van der Waals surface area (Å²) in [5.74, 6) is 0. The maximum absolute atomic E-state index is 11.4. The minimum Gasteiger partial charge on any atom is -0.398 e. The topological polar surface area (TPSA) is 65.8 Å². The van der Waals surface area contributed by atoms with Gasteiger partial charge in [-0.2, -0.15) is 5.10 Å². The lowest BCUT2D eigenvalue weighted by molar-refractivity contribution is 0.524. The van der Waals surface area contributed by atoms with Crippen molar-refractivity contribution in [2.24, 2.45) is 0 Å². The molecule has 0 radical (unpaired) electrons. The number of nitrogens with two attached hydrogens (primary N) is 1. The Labute approximate surface area is 86.8 Å². The number of pyridine rings is 1. The monoisotopic (exact) mass is 204 g/mol. The van der Waals surface area contributed by atoms with Crippen LogP contribution in [0.4, 0.5) is 5.69 Å². The Kier molecular flexibility index (Phi) is 2.53. The van der Waals surface area contributed by atoms with E-state index in [1.807, 2.05) is 12.3 Å². The van der Waals surface area contributed by atoms with Crippen molar-refractivity contribution in [3.05, 3.63) is 47.1 Å². The van der Waals surface area contributed by atoms with Crippen molar-refractivity contribution in [2.45, 2.75) is 13.1 Å². The molecule has 0 atom stereocenters. The Balaban J connectivity index is 2.11. The number of nitrogens with zero attached hydrogens (tertiary/aromatic N) is 3. The molecule has 0 fully saturated rings. The molecule has 0 saturated heterocycles. The Morgan fingerprint density at radius 1 is 1.33 bits per heavy atom. The average molecular weight is 204 g/mol. The van der Waals surface area contributed by atoms with Gasteiger partial charge in [-0.3, -0.25) is 9.48 Å². The Morgan fingerprint density at radius 3 is 2.93 bits per heavy atom. The first kappa shape index (κ1) is 9.51. The van der Waals surface area contributed by atoms with E-state index in [1.165, 1.54) is 6.07 Å². The molecule has 2 heterocycles. The molecule has 0 bridgehead atoms. The summed E-state index contributed by atoms with van der Waals surface area (Å²) in [5.41, 5.74) is 6.14. The Morgan fingerprint density at radius 2 is 2.20 bits per heavy atom. The van der Waals surface area contributed by atoms with Crippen LogP contribution in [-0.2, 0) is 13.1 Å². The molecule has 78 valence electrons. The third kappa shape index (κ3) is 2.25. The fourth-order valence-electron chi connectivity index (χ4n) is 1.37. The number of aryl methyl sites for hydroxylation is 2. The zero-order chi connectivity index (χ0) is 10.7. The Hall–Kier alpha value is -2.04. The first-order valence-electron chi connectivity index (χ1n) is 4.69. The molecule has 15 heavy (non-hydrogen) atoms. The van der Waals surface area contributed by atoms with Crippen molar-refractivity contribution in [1.29, 1.82) is 0 Å². The minimum atomic E-state index is -0.0450. The van der Waals surface area contributed by atoms with Crippen LogP contribution in [0.3, 0.4) is 0 Å². The van der Waals surface area contributed by atoms with Crippen molar-refractivity contribution < 1.29 is 0 Å². The van der Waals surface area contributed by atoms with Crippen molar-refractivity contribution in [2.75, 3.05) is 5.73 Å². The van der Waals surface area contributed by atoms with Gasteiger partial charge in [0.2, 0.25) is 0 Å². The molecule has 2 aromatic rings. The van der Waals surface area contributed by atoms with Crippen LogP contribution in [0, 0.1) is 0 Å². The van der Waals surface area contributed by atoms with Gasteiger partial charge in [-0.15, -0.1) is 0 Å². The SMILES string of the molecule is Nc1ccc(=O)n(CCn2cccn2)c1. The number of rotatable bonds is 3. The zero-order valence-electron chi connectivity index (χ0n) is 8.21. The smallest absolute Gasteiger partial charge is 0.250 e. The molecule has 2 aromatic heterocycles. The van der Waals surface area contributed by atoms with Gasteiger partial charge in [0.25, 0.3) is 5.56 Å². The van der Waals surface area contributed by atoms with Gasteiger partial charge in [0.1, 0.15) is 0 Å². The normalized spacial score (nSPS) is 10.4. The molecular formula is C10H12N4O. The molecule has 0 spiro atoms. The lowest BCUT2D eigenvalue weighted by atomic mass is 10.4. The Bertz CT molecular complexity index is 486. The van der Waals surface area contributed by atoms with Crippen LogP contribution in [-0.4, -0.2) is 14.3 Å². The zero-order valence-corrected chi connectivity index (χ0v) is 8.21. The second-order valence-electron chi connectivity index (χ2n) is 3.26. The molecular weight excluding hydrogens is 192 g/mol. The summed E-state index contributed by atoms with van der Waals surface area (Å²) >= 11 is 0. The maximum atomic E-state index is 11.4. The van der Waals surface area contributed by atoms with E-state index >= 15 is 0 Å². The number of hydrogen-bond donors (Lipinski definition) is 1. The molecule has 0 aliphatic rings. The molecule has 5 nitrogen and oxygen atoms in total. The number of aromatic nitrogens is 3. The second-order valence-corrected chi connectivity index (χ2v) is 3.26. The lowest BCUT2D eigenvalue weighted by Gasteiger charge is -2.06. The number of hydrogen-bond acceptors (Lipinski definition) is 3. The summed E-state index contributed by atoms with van der Waals surface area (Å²) in [6.07, 6.45) is 5.21. The quantitative estimate of drug-likeness (QED) is 0.783. The molecule has 0 aliphatic carbocycles. The van der Waals surface area contributed by atoms with Crippen molar-refractivity contribution in [3.8, 4) is 0 Å². The largest absolute Gasteiger partial charge is 0.398 e. The number of nitrogen functional groups attached to an aromatic ring is 1. The van der Waals surface area contributed by atoms with Gasteiger partial charge in [-0.1, -0.05) is 0 Å². The van der Waals surface area contributed by atoms with Crippen molar-refractivity contribution in [1.82, 2.24) is 14.3 Å². The highest BCUT2D eigenvalue weighted by Gasteiger charge is 1.97. The molecule has 5 heteroatoms. The fourth-order valence-corrected chi connectivity index (χ4v) is 1.37. The molecule has 0 aromatic carbocycles. The van der Waals surface area contributed by atoms with Gasteiger partial charge >= 0.3 is 0 Å². The van der Waals surface area contributed by atoms with Crippen LogP contribution in [0.2, 0.25) is 0 Å². The van der Waals surface area contributed by atoms with Crippen LogP contribution in [0.15, 0.2) is 41.6 Å². The maximum Gasteiger partial charge on any atom is 0.250 e. The standard InChI is InChI=1S/C10H12N4O/c11-9-2-3-10(15)13(8-9)6-7-14-5-1-4-12-14/h1-5,8H,6-7,11H2. The number of anilines is 1. The van der Waals surface area contributed by atoms with Gasteiger partial charge in [0.05, 0.1) is 6.54 Å². The van der Waals surface area contributed by atoms with E-state index in [-0.39, 0.29) is 5.56 Å². The summed E-state index contributed by atoms with van der Waals surface area (Å²) in [6.45, 7) is 1.24. The van der Waals surface area contributed by atoms with Gasteiger partial charge in [-0.25, -0.2) is 0 Å². The van der Waals surface area contributed by atoms with Crippen LogP contribution in [0.1, 0.15) is 0 Å². The average Bonchev–Trinajstić information content (AvgIpc) is 2.72. The van der Waals surface area contributed by atoms with Crippen molar-refractivity contribution >= 4 is 5.69 Å². The molecule has 2 rings (SSSR count). The second kappa shape index (κ2) is 4.00. The first-order valence-corrected chi connectivity index (χ1v) is 4.69. The van der Waals surface area contributed by atoms with Gasteiger partial charge in [-0.05, 0) is 12.1 Å². The van der Waals surface area contributed by atoms with Crippen LogP contribution in [0.5, 0.6) is 0 Å². The third-order valence-corrected chi connectivity index (χ3v) is 2.14. The minimum absolute atomic E-state index is 0.0450. The predicted molar refractivity (Wildman–Crippen MR) is 57.3 cm³/mol. The van der Waals surface area contributed by atoms with E-state index in [1.54, 1.807) is 27.7 Å². The summed E-state index contributed by atoms with van der Waals surface area (Å²) < 4.78 is 3.35. The van der Waals surface area contributed by atoms with E-state index in [0.29, 0.717) is 18.8 Å². The van der Waals surface area contributed by atoms with Gasteiger partial charge < -0.3 is 10.3 Å². The van der Waals surface area contributed by atoms with Crippen LogP contribution in [0.25, 0.3) is 0 Å². The van der Waals surface area contributed by atoms with E-state index in [9.17, 15) is 4.79 Å². The van der Waals surface area contributed by atoms with E-state index in [2.05, 4.69) is 5.10 Å².